The SMILES string of the molecule is CCC(Sc1cccc(NC(=O)/C(=C/c2ccc(Br)cc2)NC(=O)c2ccccc2)c1)C(=O)Nc1ccc2ccccc2c1. The van der Waals surface area contributed by atoms with Crippen LogP contribution >= 0.6 is 27.7 Å². The molecule has 0 aliphatic heterocycles. The highest BCUT2D eigenvalue weighted by atomic mass is 79.9. The maximum absolute atomic E-state index is 13.5. The molecule has 3 N–H and O–H groups in total. The summed E-state index contributed by atoms with van der Waals surface area (Å²) in [6, 6.07) is 37.3. The summed E-state index contributed by atoms with van der Waals surface area (Å²) in [6.07, 6.45) is 2.25. The Morgan fingerprint density at radius 2 is 1.45 bits per heavy atom. The fourth-order valence-corrected chi connectivity index (χ4v) is 5.77. The Morgan fingerprint density at radius 3 is 2.20 bits per heavy atom. The van der Waals surface area contributed by atoms with Crippen molar-refractivity contribution < 1.29 is 14.4 Å². The van der Waals surface area contributed by atoms with Gasteiger partial charge in [-0.2, -0.15) is 0 Å². The van der Waals surface area contributed by atoms with E-state index < -0.39 is 11.8 Å². The van der Waals surface area contributed by atoms with E-state index in [-0.39, 0.29) is 16.9 Å². The van der Waals surface area contributed by atoms with E-state index in [0.717, 1.165) is 31.4 Å². The third kappa shape index (κ3) is 8.24. The van der Waals surface area contributed by atoms with Gasteiger partial charge in [0.2, 0.25) is 5.91 Å². The molecule has 1 atom stereocenters. The quantitative estimate of drug-likeness (QED) is 0.103. The van der Waals surface area contributed by atoms with Crippen LogP contribution in [0, 0.1) is 0 Å². The summed E-state index contributed by atoms with van der Waals surface area (Å²) >= 11 is 4.85. The minimum Gasteiger partial charge on any atom is -0.325 e. The first kappa shape index (κ1) is 30.8. The molecule has 1 unspecified atom stereocenters. The lowest BCUT2D eigenvalue weighted by Crippen LogP contribution is -2.30. The van der Waals surface area contributed by atoms with Gasteiger partial charge in [0.05, 0.1) is 5.25 Å². The Hall–Kier alpha value is -4.66. The average molecular weight is 665 g/mol. The van der Waals surface area contributed by atoms with Crippen LogP contribution in [0.4, 0.5) is 11.4 Å². The van der Waals surface area contributed by atoms with Crippen LogP contribution in [-0.4, -0.2) is 23.0 Å². The highest BCUT2D eigenvalue weighted by Crippen LogP contribution is 2.29. The molecule has 0 saturated carbocycles. The molecule has 44 heavy (non-hydrogen) atoms. The lowest BCUT2D eigenvalue weighted by Gasteiger charge is -2.16. The number of hydrogen-bond donors (Lipinski definition) is 3. The third-order valence-electron chi connectivity index (χ3n) is 6.76. The minimum absolute atomic E-state index is 0.0921. The number of halogens is 1. The smallest absolute Gasteiger partial charge is 0.272 e. The van der Waals surface area contributed by atoms with Crippen LogP contribution in [0.2, 0.25) is 0 Å². The summed E-state index contributed by atoms with van der Waals surface area (Å²) in [6.45, 7) is 1.97. The Bertz CT molecular complexity index is 1820. The zero-order valence-electron chi connectivity index (χ0n) is 23.9. The molecule has 3 amide bonds. The molecule has 0 fully saturated rings. The highest BCUT2D eigenvalue weighted by molar-refractivity contribution is 9.10. The Balaban J connectivity index is 1.29. The zero-order chi connectivity index (χ0) is 30.9. The topological polar surface area (TPSA) is 87.3 Å². The first-order valence-corrected chi connectivity index (χ1v) is 15.8. The van der Waals surface area contributed by atoms with Crippen LogP contribution in [0.15, 0.2) is 136 Å². The summed E-state index contributed by atoms with van der Waals surface area (Å²) in [4.78, 5) is 40.4. The Morgan fingerprint density at radius 1 is 0.750 bits per heavy atom. The molecule has 0 radical (unpaired) electrons. The normalized spacial score (nSPS) is 11.9. The second-order valence-corrected chi connectivity index (χ2v) is 12.2. The zero-order valence-corrected chi connectivity index (χ0v) is 26.3. The third-order valence-corrected chi connectivity index (χ3v) is 8.65. The number of hydrogen-bond acceptors (Lipinski definition) is 4. The van der Waals surface area contributed by atoms with Gasteiger partial charge in [-0.15, -0.1) is 11.8 Å². The molecule has 0 aromatic heterocycles. The van der Waals surface area contributed by atoms with Gasteiger partial charge in [-0.1, -0.05) is 89.6 Å². The summed E-state index contributed by atoms with van der Waals surface area (Å²) in [5, 5.41) is 10.5. The van der Waals surface area contributed by atoms with Gasteiger partial charge in [0, 0.05) is 26.3 Å². The molecule has 0 spiro atoms. The van der Waals surface area contributed by atoms with E-state index in [9.17, 15) is 14.4 Å². The highest BCUT2D eigenvalue weighted by Gasteiger charge is 2.19. The molecule has 0 aliphatic carbocycles. The van der Waals surface area contributed by atoms with Crippen LogP contribution in [0.5, 0.6) is 0 Å². The number of carbonyl (C=O) groups is 3. The summed E-state index contributed by atoms with van der Waals surface area (Å²) in [7, 11) is 0. The monoisotopic (exact) mass is 663 g/mol. The van der Waals surface area contributed by atoms with Gasteiger partial charge in [0.1, 0.15) is 5.70 Å². The molecule has 6 nitrogen and oxygen atoms in total. The maximum atomic E-state index is 13.5. The van der Waals surface area contributed by atoms with Crippen molar-refractivity contribution in [2.24, 2.45) is 0 Å². The number of benzene rings is 5. The molecule has 0 saturated heterocycles. The number of carbonyl (C=O) groups excluding carboxylic acids is 3. The second kappa shape index (κ2) is 14.7. The van der Waals surface area contributed by atoms with Crippen LogP contribution in [0.25, 0.3) is 16.8 Å². The van der Waals surface area contributed by atoms with Crippen molar-refractivity contribution in [3.05, 3.63) is 143 Å². The predicted molar refractivity (Wildman–Crippen MR) is 184 cm³/mol. The molecule has 0 heterocycles. The van der Waals surface area contributed by atoms with Crippen LogP contribution in [-0.2, 0) is 9.59 Å². The van der Waals surface area contributed by atoms with Gasteiger partial charge in [-0.25, -0.2) is 0 Å². The fourth-order valence-electron chi connectivity index (χ4n) is 4.49. The number of rotatable bonds is 10. The molecule has 8 heteroatoms. The van der Waals surface area contributed by atoms with E-state index in [1.165, 1.54) is 11.8 Å². The van der Waals surface area contributed by atoms with E-state index in [4.69, 9.17) is 0 Å². The van der Waals surface area contributed by atoms with Crippen LogP contribution in [0.3, 0.4) is 0 Å². The number of nitrogens with one attached hydrogen (secondary N) is 3. The van der Waals surface area contributed by atoms with E-state index in [1.54, 1.807) is 36.4 Å². The first-order valence-electron chi connectivity index (χ1n) is 14.1. The van der Waals surface area contributed by atoms with Crippen molar-refractivity contribution in [2.75, 3.05) is 10.6 Å². The van der Waals surface area contributed by atoms with E-state index >= 15 is 0 Å². The lowest BCUT2D eigenvalue weighted by molar-refractivity contribution is -0.116. The molecular weight excluding hydrogens is 634 g/mol. The molecule has 5 aromatic rings. The predicted octanol–water partition coefficient (Wildman–Crippen LogP) is 8.52. The Labute approximate surface area is 269 Å². The fraction of sp³-hybridized carbons (Fsp3) is 0.0833. The van der Waals surface area contributed by atoms with Crippen molar-refractivity contribution in [2.45, 2.75) is 23.5 Å². The molecule has 5 rings (SSSR count). The number of anilines is 2. The molecule has 0 aliphatic rings. The van der Waals surface area contributed by atoms with Gasteiger partial charge in [-0.05, 0) is 83.4 Å². The number of amides is 3. The van der Waals surface area contributed by atoms with Crippen molar-refractivity contribution >= 4 is 73.6 Å². The van der Waals surface area contributed by atoms with E-state index in [2.05, 4.69) is 31.9 Å². The molecule has 5 aromatic carbocycles. The summed E-state index contributed by atoms with van der Waals surface area (Å²) < 4.78 is 0.902. The minimum atomic E-state index is -0.472. The summed E-state index contributed by atoms with van der Waals surface area (Å²) in [5.41, 5.74) is 2.57. The van der Waals surface area contributed by atoms with Crippen molar-refractivity contribution in [3.8, 4) is 0 Å². The second-order valence-electron chi connectivity index (χ2n) is 9.98. The lowest BCUT2D eigenvalue weighted by atomic mass is 10.1. The largest absolute Gasteiger partial charge is 0.325 e. The van der Waals surface area contributed by atoms with Gasteiger partial charge in [0.15, 0.2) is 0 Å². The van der Waals surface area contributed by atoms with Crippen molar-refractivity contribution in [1.82, 2.24) is 5.32 Å². The van der Waals surface area contributed by atoms with E-state index in [0.29, 0.717) is 17.7 Å². The van der Waals surface area contributed by atoms with Crippen molar-refractivity contribution in [1.29, 1.82) is 0 Å². The number of thioether (sulfide) groups is 1. The van der Waals surface area contributed by atoms with Crippen LogP contribution < -0.4 is 16.0 Å². The standard InChI is InChI=1S/C36H30BrN3O3S/c1-2-33(36(43)39-30-20-17-25-9-6-7-12-27(25)22-30)44-31-14-8-13-29(23-31)38-35(42)32(21-24-15-18-28(37)19-16-24)40-34(41)26-10-4-3-5-11-26/h3-23,33H,2H2,1H3,(H,38,42)(H,39,43)(H,40,41)/b32-21-. The van der Waals surface area contributed by atoms with Gasteiger partial charge < -0.3 is 16.0 Å². The molecule has 220 valence electrons. The summed E-state index contributed by atoms with van der Waals surface area (Å²) in [5.74, 6) is -0.956. The van der Waals surface area contributed by atoms with Crippen molar-refractivity contribution in [3.63, 3.8) is 0 Å². The molecular formula is C36H30BrN3O3S. The Kier molecular flexibility index (Phi) is 10.3. The van der Waals surface area contributed by atoms with Crippen LogP contribution in [0.1, 0.15) is 29.3 Å². The average Bonchev–Trinajstić information content (AvgIpc) is 3.04. The maximum Gasteiger partial charge on any atom is 0.272 e. The van der Waals surface area contributed by atoms with E-state index in [1.807, 2.05) is 97.9 Å². The van der Waals surface area contributed by atoms with Gasteiger partial charge in [0.25, 0.3) is 11.8 Å². The molecule has 0 bridgehead atoms. The van der Waals surface area contributed by atoms with Gasteiger partial charge >= 0.3 is 0 Å². The first-order chi connectivity index (χ1) is 21.4. The van der Waals surface area contributed by atoms with Gasteiger partial charge in [-0.3, -0.25) is 14.4 Å². The number of fused-ring (bicyclic) bond motifs is 1.